The van der Waals surface area contributed by atoms with Gasteiger partial charge in [0.2, 0.25) is 12.7 Å². The van der Waals surface area contributed by atoms with E-state index in [1.807, 2.05) is 6.07 Å². The smallest absolute Gasteiger partial charge is 0.234 e. The molecule has 1 aromatic carbocycles. The summed E-state index contributed by atoms with van der Waals surface area (Å²) in [6, 6.07) is 6.37. The van der Waals surface area contributed by atoms with Crippen molar-refractivity contribution in [2.24, 2.45) is 5.92 Å². The van der Waals surface area contributed by atoms with Gasteiger partial charge in [-0.25, -0.2) is 0 Å². The van der Waals surface area contributed by atoms with Crippen LogP contribution in [0.5, 0.6) is 11.5 Å². The largest absolute Gasteiger partial charge is 0.454 e. The van der Waals surface area contributed by atoms with Crippen LogP contribution in [0.3, 0.4) is 0 Å². The SMILES string of the molecule is CC(C)[C@H](C)NC(=O)CN1CCN(Cc2ccc3c(c2)OCO3)CC1. The molecule has 3 rings (SSSR count). The molecule has 0 aliphatic carbocycles. The lowest BCUT2D eigenvalue weighted by Crippen LogP contribution is -2.50. The molecule has 1 N–H and O–H groups in total. The minimum absolute atomic E-state index is 0.130. The van der Waals surface area contributed by atoms with E-state index in [2.05, 4.69) is 48.0 Å². The van der Waals surface area contributed by atoms with E-state index < -0.39 is 0 Å². The predicted octanol–water partition coefficient (Wildman–Crippen LogP) is 1.69. The number of piperazine rings is 1. The topological polar surface area (TPSA) is 54.0 Å². The first kappa shape index (κ1) is 18.0. The summed E-state index contributed by atoms with van der Waals surface area (Å²) < 4.78 is 10.8. The van der Waals surface area contributed by atoms with Crippen LogP contribution in [-0.4, -0.2) is 61.3 Å². The maximum atomic E-state index is 12.1. The van der Waals surface area contributed by atoms with Crippen LogP contribution < -0.4 is 14.8 Å². The molecule has 2 aliphatic rings. The predicted molar refractivity (Wildman–Crippen MR) is 96.7 cm³/mol. The average Bonchev–Trinajstić information content (AvgIpc) is 3.04. The summed E-state index contributed by atoms with van der Waals surface area (Å²) in [6.45, 7) is 11.8. The van der Waals surface area contributed by atoms with Crippen molar-refractivity contribution in [3.8, 4) is 11.5 Å². The van der Waals surface area contributed by atoms with Gasteiger partial charge >= 0.3 is 0 Å². The maximum absolute atomic E-state index is 12.1. The molecule has 1 saturated heterocycles. The normalized spacial score (nSPS) is 19.2. The Morgan fingerprint density at radius 2 is 1.76 bits per heavy atom. The Bertz CT molecular complexity index is 598. The number of benzene rings is 1. The van der Waals surface area contributed by atoms with E-state index in [4.69, 9.17) is 9.47 Å². The Hall–Kier alpha value is -1.79. The first-order chi connectivity index (χ1) is 12.0. The van der Waals surface area contributed by atoms with Crippen LogP contribution in [-0.2, 0) is 11.3 Å². The van der Waals surface area contributed by atoms with E-state index >= 15 is 0 Å². The van der Waals surface area contributed by atoms with Crippen molar-refractivity contribution in [2.75, 3.05) is 39.5 Å². The minimum Gasteiger partial charge on any atom is -0.454 e. The Kier molecular flexibility index (Phi) is 5.81. The number of nitrogens with one attached hydrogen (secondary N) is 1. The molecule has 0 saturated carbocycles. The highest BCUT2D eigenvalue weighted by molar-refractivity contribution is 5.78. The molecule has 2 heterocycles. The quantitative estimate of drug-likeness (QED) is 0.849. The molecule has 0 aromatic heterocycles. The van der Waals surface area contributed by atoms with Crippen molar-refractivity contribution < 1.29 is 14.3 Å². The lowest BCUT2D eigenvalue weighted by Gasteiger charge is -2.34. The Labute approximate surface area is 150 Å². The Balaban J connectivity index is 1.42. The van der Waals surface area contributed by atoms with Gasteiger partial charge in [-0.2, -0.15) is 0 Å². The fourth-order valence-corrected chi connectivity index (χ4v) is 3.07. The lowest BCUT2D eigenvalue weighted by atomic mass is 10.1. The van der Waals surface area contributed by atoms with Gasteiger partial charge in [0.25, 0.3) is 0 Å². The number of nitrogens with zero attached hydrogens (tertiary/aromatic N) is 2. The maximum Gasteiger partial charge on any atom is 0.234 e. The first-order valence-corrected chi connectivity index (χ1v) is 9.14. The van der Waals surface area contributed by atoms with Gasteiger partial charge in [-0.05, 0) is 30.5 Å². The van der Waals surface area contributed by atoms with E-state index in [1.54, 1.807) is 0 Å². The van der Waals surface area contributed by atoms with Gasteiger partial charge in [0.05, 0.1) is 6.54 Å². The van der Waals surface area contributed by atoms with Gasteiger partial charge in [-0.3, -0.25) is 14.6 Å². The average molecular weight is 347 g/mol. The van der Waals surface area contributed by atoms with Crippen molar-refractivity contribution in [2.45, 2.75) is 33.4 Å². The van der Waals surface area contributed by atoms with E-state index in [-0.39, 0.29) is 11.9 Å². The van der Waals surface area contributed by atoms with Crippen molar-refractivity contribution in [1.29, 1.82) is 0 Å². The molecule has 138 valence electrons. The van der Waals surface area contributed by atoms with Crippen molar-refractivity contribution in [3.05, 3.63) is 23.8 Å². The van der Waals surface area contributed by atoms with E-state index in [9.17, 15) is 4.79 Å². The lowest BCUT2D eigenvalue weighted by molar-refractivity contribution is -0.123. The van der Waals surface area contributed by atoms with Crippen molar-refractivity contribution in [3.63, 3.8) is 0 Å². The molecule has 6 heteroatoms. The molecule has 1 fully saturated rings. The molecule has 6 nitrogen and oxygen atoms in total. The van der Waals surface area contributed by atoms with E-state index in [0.717, 1.165) is 44.2 Å². The Morgan fingerprint density at radius 1 is 1.08 bits per heavy atom. The van der Waals surface area contributed by atoms with Crippen LogP contribution in [0.4, 0.5) is 0 Å². The van der Waals surface area contributed by atoms with Crippen LogP contribution in [0.15, 0.2) is 18.2 Å². The summed E-state index contributed by atoms with van der Waals surface area (Å²) in [6.07, 6.45) is 0. The van der Waals surface area contributed by atoms with Gasteiger partial charge in [-0.15, -0.1) is 0 Å². The summed E-state index contributed by atoms with van der Waals surface area (Å²) in [5.74, 6) is 2.26. The minimum atomic E-state index is 0.130. The van der Waals surface area contributed by atoms with Gasteiger partial charge in [0.15, 0.2) is 11.5 Å². The van der Waals surface area contributed by atoms with Gasteiger partial charge in [0, 0.05) is 38.8 Å². The highest BCUT2D eigenvalue weighted by Crippen LogP contribution is 2.32. The number of rotatable bonds is 6. The van der Waals surface area contributed by atoms with E-state index in [0.29, 0.717) is 19.3 Å². The van der Waals surface area contributed by atoms with Gasteiger partial charge in [0.1, 0.15) is 0 Å². The van der Waals surface area contributed by atoms with Crippen LogP contribution >= 0.6 is 0 Å². The molecule has 0 spiro atoms. The zero-order chi connectivity index (χ0) is 17.8. The van der Waals surface area contributed by atoms with Crippen molar-refractivity contribution >= 4 is 5.91 Å². The molecule has 0 unspecified atom stereocenters. The molecule has 1 amide bonds. The standard InChI is InChI=1S/C19H29N3O3/c1-14(2)15(3)20-19(23)12-22-8-6-21(7-9-22)11-16-4-5-17-18(10-16)25-13-24-17/h4-5,10,14-15H,6-9,11-13H2,1-3H3,(H,20,23)/t15-/m0/s1. The highest BCUT2D eigenvalue weighted by atomic mass is 16.7. The number of fused-ring (bicyclic) bond motifs is 1. The fourth-order valence-electron chi connectivity index (χ4n) is 3.07. The summed E-state index contributed by atoms with van der Waals surface area (Å²) in [7, 11) is 0. The third-order valence-electron chi connectivity index (χ3n) is 5.06. The molecular weight excluding hydrogens is 318 g/mol. The van der Waals surface area contributed by atoms with Crippen molar-refractivity contribution in [1.82, 2.24) is 15.1 Å². The van der Waals surface area contributed by atoms with Crippen LogP contribution in [0, 0.1) is 5.92 Å². The van der Waals surface area contributed by atoms with Crippen LogP contribution in [0.1, 0.15) is 26.3 Å². The second-order valence-electron chi connectivity index (χ2n) is 7.34. The second kappa shape index (κ2) is 8.06. The number of carbonyl (C=O) groups excluding carboxylic acids is 1. The molecule has 0 bridgehead atoms. The molecule has 2 aliphatic heterocycles. The molecule has 1 aromatic rings. The number of hydrogen-bond donors (Lipinski definition) is 1. The third-order valence-corrected chi connectivity index (χ3v) is 5.06. The van der Waals surface area contributed by atoms with Crippen LogP contribution in [0.2, 0.25) is 0 Å². The zero-order valence-corrected chi connectivity index (χ0v) is 15.5. The summed E-state index contributed by atoms with van der Waals surface area (Å²) in [4.78, 5) is 16.8. The van der Waals surface area contributed by atoms with Crippen LogP contribution in [0.25, 0.3) is 0 Å². The first-order valence-electron chi connectivity index (χ1n) is 9.14. The molecular formula is C19H29N3O3. The molecule has 0 radical (unpaired) electrons. The number of carbonyl (C=O) groups is 1. The van der Waals surface area contributed by atoms with Gasteiger partial charge in [-0.1, -0.05) is 19.9 Å². The second-order valence-corrected chi connectivity index (χ2v) is 7.34. The fraction of sp³-hybridized carbons (Fsp3) is 0.632. The summed E-state index contributed by atoms with van der Waals surface area (Å²) in [5, 5.41) is 3.08. The van der Waals surface area contributed by atoms with Gasteiger partial charge < -0.3 is 14.8 Å². The summed E-state index contributed by atoms with van der Waals surface area (Å²) in [5.41, 5.74) is 1.24. The molecule has 25 heavy (non-hydrogen) atoms. The number of ether oxygens (including phenoxy) is 2. The number of hydrogen-bond acceptors (Lipinski definition) is 5. The summed E-state index contributed by atoms with van der Waals surface area (Å²) >= 11 is 0. The van der Waals surface area contributed by atoms with E-state index in [1.165, 1.54) is 5.56 Å². The number of amides is 1. The highest BCUT2D eigenvalue weighted by Gasteiger charge is 2.21. The third kappa shape index (κ3) is 4.86. The molecule has 1 atom stereocenters. The Morgan fingerprint density at radius 3 is 2.48 bits per heavy atom. The zero-order valence-electron chi connectivity index (χ0n) is 15.5. The monoisotopic (exact) mass is 347 g/mol.